The van der Waals surface area contributed by atoms with Gasteiger partial charge in [-0.15, -0.1) is 5.06 Å². The predicted octanol–water partition coefficient (Wildman–Crippen LogP) is 4.90. The molecule has 246 valence electrons. The van der Waals surface area contributed by atoms with Crippen LogP contribution in [-0.2, 0) is 46.4 Å². The van der Waals surface area contributed by atoms with Gasteiger partial charge in [0.25, 0.3) is 11.8 Å². The maximum atomic E-state index is 11.7. The highest BCUT2D eigenvalue weighted by molar-refractivity contribution is 6.06. The molecule has 0 atom stereocenters. The summed E-state index contributed by atoms with van der Waals surface area (Å²) < 4.78 is 18.9. The van der Waals surface area contributed by atoms with Crippen LogP contribution in [0.25, 0.3) is 21.9 Å². The monoisotopic (exact) mass is 625 g/mol. The van der Waals surface area contributed by atoms with Gasteiger partial charge in [-0.05, 0) is 25.3 Å². The van der Waals surface area contributed by atoms with Gasteiger partial charge in [0, 0.05) is 37.8 Å². The molecule has 45 heavy (non-hydrogen) atoms. The minimum atomic E-state index is -0.676. The number of carbonyl (C=O) groups is 3. The smallest absolute Gasteiger partial charge is 0.335 e. The molecule has 0 radical (unpaired) electrons. The van der Waals surface area contributed by atoms with Gasteiger partial charge in [0.1, 0.15) is 11.3 Å². The van der Waals surface area contributed by atoms with Crippen molar-refractivity contribution in [3.63, 3.8) is 0 Å². The van der Waals surface area contributed by atoms with Crippen LogP contribution in [0.2, 0.25) is 0 Å². The first-order valence-corrected chi connectivity index (χ1v) is 16.3. The van der Waals surface area contributed by atoms with Crippen molar-refractivity contribution in [3.05, 3.63) is 30.1 Å². The molecule has 12 nitrogen and oxygen atoms in total. The van der Waals surface area contributed by atoms with Crippen molar-refractivity contribution in [2.45, 2.75) is 90.5 Å². The molecule has 3 aromatic rings. The van der Waals surface area contributed by atoms with Crippen LogP contribution < -0.4 is 5.73 Å². The SMILES string of the molecule is CCCCc1nc2c(N)nc3ccccc3c2n1CCCCCCCCOCCOCCOCCC(=O)ON1C(=O)CCC1=O. The van der Waals surface area contributed by atoms with Crippen molar-refractivity contribution < 1.29 is 33.4 Å². The van der Waals surface area contributed by atoms with Crippen molar-refractivity contribution in [1.29, 1.82) is 0 Å². The number of para-hydroxylation sites is 1. The number of pyridine rings is 1. The van der Waals surface area contributed by atoms with Gasteiger partial charge < -0.3 is 29.3 Å². The lowest BCUT2D eigenvalue weighted by Crippen LogP contribution is -2.32. The number of imide groups is 1. The van der Waals surface area contributed by atoms with Crippen LogP contribution in [0.1, 0.15) is 83.4 Å². The molecule has 1 aromatic carbocycles. The number of imidazole rings is 1. The first kappa shape index (κ1) is 34.3. The largest absolute Gasteiger partial charge is 0.382 e. The number of unbranched alkanes of at least 4 members (excludes halogenated alkanes) is 6. The van der Waals surface area contributed by atoms with Gasteiger partial charge in [0.05, 0.1) is 50.5 Å². The summed E-state index contributed by atoms with van der Waals surface area (Å²) in [5.41, 5.74) is 9.18. The lowest BCUT2D eigenvalue weighted by molar-refractivity contribution is -0.198. The third-order valence-electron chi connectivity index (χ3n) is 7.76. The quantitative estimate of drug-likeness (QED) is 0.121. The third kappa shape index (κ3) is 10.2. The maximum Gasteiger partial charge on any atom is 0.335 e. The second-order valence-electron chi connectivity index (χ2n) is 11.2. The minimum Gasteiger partial charge on any atom is -0.382 e. The number of nitrogens with two attached hydrogens (primary N) is 1. The Kier molecular flexibility index (Phi) is 14.0. The number of aromatic nitrogens is 3. The van der Waals surface area contributed by atoms with Gasteiger partial charge in [-0.25, -0.2) is 14.8 Å². The second kappa shape index (κ2) is 18.4. The summed E-state index contributed by atoms with van der Waals surface area (Å²) in [5, 5.41) is 1.65. The van der Waals surface area contributed by atoms with E-state index in [-0.39, 0.29) is 25.9 Å². The van der Waals surface area contributed by atoms with E-state index in [1.54, 1.807) is 0 Å². The molecule has 0 saturated carbocycles. The van der Waals surface area contributed by atoms with Crippen molar-refractivity contribution in [2.24, 2.45) is 0 Å². The summed E-state index contributed by atoms with van der Waals surface area (Å²) in [7, 11) is 0. The van der Waals surface area contributed by atoms with Gasteiger partial charge in [-0.1, -0.05) is 57.2 Å². The highest BCUT2D eigenvalue weighted by atomic mass is 16.7. The van der Waals surface area contributed by atoms with Crippen LogP contribution in [0.4, 0.5) is 5.82 Å². The molecule has 1 aliphatic rings. The molecule has 1 fully saturated rings. The zero-order valence-electron chi connectivity index (χ0n) is 26.5. The average molecular weight is 626 g/mol. The van der Waals surface area contributed by atoms with Gasteiger partial charge in [0.2, 0.25) is 0 Å². The van der Waals surface area contributed by atoms with Gasteiger partial charge in [0.15, 0.2) is 5.82 Å². The number of ether oxygens (including phenoxy) is 3. The summed E-state index contributed by atoms with van der Waals surface area (Å²) in [5.74, 6) is -0.0442. The van der Waals surface area contributed by atoms with E-state index in [1.807, 2.05) is 12.1 Å². The summed E-state index contributed by atoms with van der Waals surface area (Å²) in [6.07, 6.45) is 10.1. The van der Waals surface area contributed by atoms with E-state index >= 15 is 0 Å². The predicted molar refractivity (Wildman–Crippen MR) is 170 cm³/mol. The molecule has 12 heteroatoms. The summed E-state index contributed by atoms with van der Waals surface area (Å²) in [4.78, 5) is 48.9. The van der Waals surface area contributed by atoms with Crippen molar-refractivity contribution in [2.75, 3.05) is 45.4 Å². The van der Waals surface area contributed by atoms with Crippen molar-refractivity contribution in [3.8, 4) is 0 Å². The average Bonchev–Trinajstić information content (AvgIpc) is 3.56. The van der Waals surface area contributed by atoms with Gasteiger partial charge in [-0.2, -0.15) is 0 Å². The van der Waals surface area contributed by atoms with E-state index < -0.39 is 17.8 Å². The molecule has 1 aliphatic heterocycles. The Morgan fingerprint density at radius 1 is 0.822 bits per heavy atom. The molecular formula is C33H47N5O7. The van der Waals surface area contributed by atoms with Crippen molar-refractivity contribution >= 4 is 45.5 Å². The summed E-state index contributed by atoms with van der Waals surface area (Å²) in [6, 6.07) is 8.18. The number of hydroxylamine groups is 2. The number of nitrogens with zero attached hydrogens (tertiary/aromatic N) is 4. The minimum absolute atomic E-state index is 0.0488. The lowest BCUT2D eigenvalue weighted by atomic mass is 10.1. The summed E-state index contributed by atoms with van der Waals surface area (Å²) in [6.45, 7) is 5.70. The molecule has 2 aromatic heterocycles. The van der Waals surface area contributed by atoms with E-state index in [9.17, 15) is 14.4 Å². The highest BCUT2D eigenvalue weighted by Crippen LogP contribution is 2.29. The second-order valence-corrected chi connectivity index (χ2v) is 11.2. The molecular weight excluding hydrogens is 578 g/mol. The fraction of sp³-hybridized carbons (Fsp3) is 0.606. The molecule has 0 bridgehead atoms. The van der Waals surface area contributed by atoms with E-state index in [1.165, 1.54) is 19.3 Å². The van der Waals surface area contributed by atoms with Crippen LogP contribution in [-0.4, -0.2) is 77.0 Å². The maximum absolute atomic E-state index is 11.7. The number of fused-ring (bicyclic) bond motifs is 3. The number of anilines is 1. The first-order chi connectivity index (χ1) is 22.0. The van der Waals surface area contributed by atoms with Gasteiger partial charge in [-0.3, -0.25) is 9.59 Å². The number of rotatable bonds is 22. The number of carbonyl (C=O) groups excluding carboxylic acids is 3. The normalized spacial score (nSPS) is 13.5. The topological polar surface area (TPSA) is 148 Å². The Balaban J connectivity index is 1.00. The van der Waals surface area contributed by atoms with Crippen LogP contribution in [0, 0.1) is 0 Å². The fourth-order valence-corrected chi connectivity index (χ4v) is 5.36. The van der Waals surface area contributed by atoms with Crippen LogP contribution in [0.5, 0.6) is 0 Å². The Morgan fingerprint density at radius 2 is 1.47 bits per heavy atom. The van der Waals surface area contributed by atoms with E-state index in [2.05, 4.69) is 28.6 Å². The number of amides is 2. The van der Waals surface area contributed by atoms with Crippen LogP contribution in [0.15, 0.2) is 24.3 Å². The molecule has 1 saturated heterocycles. The molecule has 2 amide bonds. The molecule has 2 N–H and O–H groups in total. The fourth-order valence-electron chi connectivity index (χ4n) is 5.36. The van der Waals surface area contributed by atoms with Crippen molar-refractivity contribution in [1.82, 2.24) is 19.6 Å². The lowest BCUT2D eigenvalue weighted by Gasteiger charge is -2.12. The third-order valence-corrected chi connectivity index (χ3v) is 7.76. The Bertz CT molecular complexity index is 1390. The highest BCUT2D eigenvalue weighted by Gasteiger charge is 2.32. The molecule has 0 aliphatic carbocycles. The van der Waals surface area contributed by atoms with Gasteiger partial charge >= 0.3 is 5.97 Å². The van der Waals surface area contributed by atoms with Crippen LogP contribution in [0.3, 0.4) is 0 Å². The molecule has 0 unspecified atom stereocenters. The molecule has 4 rings (SSSR count). The summed E-state index contributed by atoms with van der Waals surface area (Å²) >= 11 is 0. The standard InChI is InChI=1S/C33H47N5O7/c1-2-3-14-27-36-31-32(25-12-8-9-13-26(25)35-33(31)34)37(27)18-10-6-4-5-7-11-19-42-21-23-44-24-22-43-20-17-30(41)45-38-28(39)15-16-29(38)40/h8-9,12-13H,2-7,10-11,14-24H2,1H3,(H2,34,35). The number of hydrogen-bond donors (Lipinski definition) is 1. The van der Waals surface area contributed by atoms with E-state index in [0.29, 0.717) is 43.9 Å². The van der Waals surface area contributed by atoms with Crippen LogP contribution >= 0.6 is 0 Å². The Hall–Kier alpha value is -3.61. The van der Waals surface area contributed by atoms with E-state index in [4.69, 9.17) is 29.8 Å². The Morgan fingerprint density at radius 3 is 2.20 bits per heavy atom. The Labute approximate surface area is 264 Å². The molecule has 3 heterocycles. The number of aryl methyl sites for hydroxylation is 2. The molecule has 0 spiro atoms. The zero-order valence-corrected chi connectivity index (χ0v) is 26.5. The number of nitrogen functional groups attached to an aromatic ring is 1. The number of hydrogen-bond acceptors (Lipinski definition) is 10. The van der Waals surface area contributed by atoms with E-state index in [0.717, 1.165) is 72.8 Å². The zero-order chi connectivity index (χ0) is 31.9. The number of benzene rings is 1. The first-order valence-electron chi connectivity index (χ1n) is 16.3.